The van der Waals surface area contributed by atoms with Gasteiger partial charge in [0.05, 0.1) is 0 Å². The standard InChI is InChI=1S/C14H12N2O/c1-10-7-8-16-12(9-10)15-13(14(16)17)11-5-3-2-4-6-11/h2-9,17H,1H3. The molecule has 0 atom stereocenters. The molecule has 3 nitrogen and oxygen atoms in total. The number of imidazole rings is 1. The summed E-state index contributed by atoms with van der Waals surface area (Å²) in [5.74, 6) is 0.186. The van der Waals surface area contributed by atoms with Crippen LogP contribution in [0, 0.1) is 6.92 Å². The molecule has 0 spiro atoms. The lowest BCUT2D eigenvalue weighted by Crippen LogP contribution is -1.83. The molecule has 3 rings (SSSR count). The fourth-order valence-corrected chi connectivity index (χ4v) is 1.92. The molecule has 0 amide bonds. The Labute approximate surface area is 99.0 Å². The third-order valence-corrected chi connectivity index (χ3v) is 2.80. The second-order valence-electron chi connectivity index (χ2n) is 4.08. The zero-order valence-electron chi connectivity index (χ0n) is 9.46. The molecule has 0 radical (unpaired) electrons. The van der Waals surface area contributed by atoms with Gasteiger partial charge < -0.3 is 5.11 Å². The Balaban J connectivity index is 2.28. The number of fused-ring (bicyclic) bond motifs is 1. The summed E-state index contributed by atoms with van der Waals surface area (Å²) in [5, 5.41) is 10.1. The van der Waals surface area contributed by atoms with Gasteiger partial charge in [-0.25, -0.2) is 4.98 Å². The molecule has 0 fully saturated rings. The molecule has 0 bridgehead atoms. The second kappa shape index (κ2) is 3.63. The first-order chi connectivity index (χ1) is 8.25. The van der Waals surface area contributed by atoms with E-state index in [1.807, 2.05) is 55.6 Å². The monoisotopic (exact) mass is 224 g/mol. The van der Waals surface area contributed by atoms with E-state index in [1.54, 1.807) is 4.40 Å². The summed E-state index contributed by atoms with van der Waals surface area (Å²) >= 11 is 0. The number of pyridine rings is 1. The number of hydrogen-bond donors (Lipinski definition) is 1. The Kier molecular flexibility index (Phi) is 2.11. The topological polar surface area (TPSA) is 37.5 Å². The summed E-state index contributed by atoms with van der Waals surface area (Å²) in [6, 6.07) is 13.6. The van der Waals surface area contributed by atoms with Crippen molar-refractivity contribution in [2.45, 2.75) is 6.92 Å². The summed E-state index contributed by atoms with van der Waals surface area (Å²) in [6.45, 7) is 2.01. The number of rotatable bonds is 1. The van der Waals surface area contributed by atoms with Gasteiger partial charge >= 0.3 is 0 Å². The van der Waals surface area contributed by atoms with E-state index in [-0.39, 0.29) is 5.88 Å². The molecule has 0 unspecified atom stereocenters. The highest BCUT2D eigenvalue weighted by molar-refractivity contribution is 5.69. The van der Waals surface area contributed by atoms with Gasteiger partial charge in [-0.1, -0.05) is 30.3 Å². The highest BCUT2D eigenvalue weighted by Crippen LogP contribution is 2.29. The lowest BCUT2D eigenvalue weighted by atomic mass is 10.2. The summed E-state index contributed by atoms with van der Waals surface area (Å²) < 4.78 is 1.69. The SMILES string of the molecule is Cc1ccn2c(O)c(-c3ccccc3)nc2c1. The maximum atomic E-state index is 10.1. The zero-order chi connectivity index (χ0) is 11.8. The predicted molar refractivity (Wildman–Crippen MR) is 67.0 cm³/mol. The molecule has 0 aliphatic heterocycles. The second-order valence-corrected chi connectivity index (χ2v) is 4.08. The van der Waals surface area contributed by atoms with Crippen LogP contribution < -0.4 is 0 Å². The molecule has 0 saturated heterocycles. The van der Waals surface area contributed by atoms with Crippen LogP contribution >= 0.6 is 0 Å². The van der Waals surface area contributed by atoms with Crippen LogP contribution in [0.1, 0.15) is 5.56 Å². The number of aryl methyl sites for hydroxylation is 1. The fourth-order valence-electron chi connectivity index (χ4n) is 1.92. The largest absolute Gasteiger partial charge is 0.493 e. The van der Waals surface area contributed by atoms with Gasteiger partial charge in [-0.15, -0.1) is 0 Å². The average Bonchev–Trinajstić information content (AvgIpc) is 2.67. The molecule has 17 heavy (non-hydrogen) atoms. The Hall–Kier alpha value is -2.29. The molecule has 3 heteroatoms. The first-order valence-corrected chi connectivity index (χ1v) is 5.49. The minimum atomic E-state index is 0.186. The van der Waals surface area contributed by atoms with Gasteiger partial charge in [0.25, 0.3) is 0 Å². The summed E-state index contributed by atoms with van der Waals surface area (Å²) in [4.78, 5) is 4.46. The van der Waals surface area contributed by atoms with Gasteiger partial charge in [-0.2, -0.15) is 0 Å². The minimum Gasteiger partial charge on any atom is -0.493 e. The average molecular weight is 224 g/mol. The summed E-state index contributed by atoms with van der Waals surface area (Å²) in [6.07, 6.45) is 1.83. The fraction of sp³-hybridized carbons (Fsp3) is 0.0714. The van der Waals surface area contributed by atoms with Gasteiger partial charge in [0.15, 0.2) is 0 Å². The molecule has 2 aromatic heterocycles. The van der Waals surface area contributed by atoms with Crippen LogP contribution in [0.3, 0.4) is 0 Å². The van der Waals surface area contributed by atoms with Crippen molar-refractivity contribution in [3.8, 4) is 17.1 Å². The van der Waals surface area contributed by atoms with Crippen LogP contribution in [0.2, 0.25) is 0 Å². The number of aromatic nitrogens is 2. The Morgan fingerprint density at radius 1 is 1.12 bits per heavy atom. The Bertz CT molecular complexity index is 671. The number of aromatic hydroxyl groups is 1. The van der Waals surface area contributed by atoms with E-state index in [0.29, 0.717) is 5.69 Å². The van der Waals surface area contributed by atoms with E-state index in [0.717, 1.165) is 16.8 Å². The Morgan fingerprint density at radius 3 is 2.65 bits per heavy atom. The molecule has 84 valence electrons. The maximum Gasteiger partial charge on any atom is 0.224 e. The lowest BCUT2D eigenvalue weighted by Gasteiger charge is -1.97. The predicted octanol–water partition coefficient (Wildman–Crippen LogP) is 3.02. The highest BCUT2D eigenvalue weighted by Gasteiger charge is 2.12. The van der Waals surface area contributed by atoms with Crippen LogP contribution in [-0.4, -0.2) is 14.5 Å². The third-order valence-electron chi connectivity index (χ3n) is 2.80. The number of benzene rings is 1. The van der Waals surface area contributed by atoms with Crippen LogP contribution in [0.5, 0.6) is 5.88 Å². The zero-order valence-corrected chi connectivity index (χ0v) is 9.46. The molecular weight excluding hydrogens is 212 g/mol. The normalized spacial score (nSPS) is 10.9. The van der Waals surface area contributed by atoms with Gasteiger partial charge in [0, 0.05) is 11.8 Å². The van der Waals surface area contributed by atoms with E-state index in [9.17, 15) is 5.11 Å². The van der Waals surface area contributed by atoms with Crippen molar-refractivity contribution in [2.75, 3.05) is 0 Å². The molecule has 0 aliphatic rings. The van der Waals surface area contributed by atoms with Crippen LogP contribution in [0.4, 0.5) is 0 Å². The highest BCUT2D eigenvalue weighted by atomic mass is 16.3. The van der Waals surface area contributed by atoms with Crippen molar-refractivity contribution < 1.29 is 5.11 Å². The van der Waals surface area contributed by atoms with E-state index in [4.69, 9.17) is 0 Å². The van der Waals surface area contributed by atoms with Crippen molar-refractivity contribution in [1.29, 1.82) is 0 Å². The van der Waals surface area contributed by atoms with Gasteiger partial charge in [-0.3, -0.25) is 4.40 Å². The van der Waals surface area contributed by atoms with Crippen molar-refractivity contribution >= 4 is 5.65 Å². The molecular formula is C14H12N2O. The molecule has 3 aromatic rings. The Morgan fingerprint density at radius 2 is 1.88 bits per heavy atom. The molecule has 0 saturated carbocycles. The minimum absolute atomic E-state index is 0.186. The summed E-state index contributed by atoms with van der Waals surface area (Å²) in [5.41, 5.74) is 3.44. The maximum absolute atomic E-state index is 10.1. The first kappa shape index (κ1) is 9.90. The number of nitrogens with zero attached hydrogens (tertiary/aromatic N) is 2. The lowest BCUT2D eigenvalue weighted by molar-refractivity contribution is 0.450. The van der Waals surface area contributed by atoms with E-state index in [2.05, 4.69) is 4.98 Å². The van der Waals surface area contributed by atoms with Crippen molar-refractivity contribution in [1.82, 2.24) is 9.38 Å². The van der Waals surface area contributed by atoms with Gasteiger partial charge in [-0.05, 0) is 24.6 Å². The van der Waals surface area contributed by atoms with Crippen LogP contribution in [-0.2, 0) is 0 Å². The van der Waals surface area contributed by atoms with Crippen LogP contribution in [0.15, 0.2) is 48.7 Å². The van der Waals surface area contributed by atoms with Gasteiger partial charge in [0.1, 0.15) is 11.3 Å². The molecule has 0 aliphatic carbocycles. The smallest absolute Gasteiger partial charge is 0.224 e. The number of hydrogen-bond acceptors (Lipinski definition) is 2. The van der Waals surface area contributed by atoms with E-state index in [1.165, 1.54) is 0 Å². The van der Waals surface area contributed by atoms with Gasteiger partial charge in [0.2, 0.25) is 5.88 Å². The quantitative estimate of drug-likeness (QED) is 0.690. The summed E-state index contributed by atoms with van der Waals surface area (Å²) in [7, 11) is 0. The first-order valence-electron chi connectivity index (χ1n) is 5.49. The van der Waals surface area contributed by atoms with Crippen molar-refractivity contribution in [2.24, 2.45) is 0 Å². The third kappa shape index (κ3) is 1.56. The van der Waals surface area contributed by atoms with Crippen molar-refractivity contribution in [3.63, 3.8) is 0 Å². The van der Waals surface area contributed by atoms with Crippen molar-refractivity contribution in [3.05, 3.63) is 54.2 Å². The molecule has 2 heterocycles. The molecule has 1 aromatic carbocycles. The molecule has 1 N–H and O–H groups in total. The van der Waals surface area contributed by atoms with E-state index >= 15 is 0 Å². The van der Waals surface area contributed by atoms with E-state index < -0.39 is 0 Å². The van der Waals surface area contributed by atoms with Crippen LogP contribution in [0.25, 0.3) is 16.9 Å².